The summed E-state index contributed by atoms with van der Waals surface area (Å²) in [6.45, 7) is 1.92. The van der Waals surface area contributed by atoms with E-state index in [1.807, 2.05) is 0 Å². The molecule has 0 aliphatic rings. The maximum Gasteiger partial charge on any atom is 0.258 e. The van der Waals surface area contributed by atoms with Gasteiger partial charge in [-0.05, 0) is 19.1 Å². The number of hydrogen-bond acceptors (Lipinski definition) is 5. The Morgan fingerprint density at radius 1 is 1.37 bits per heavy atom. The van der Waals surface area contributed by atoms with Gasteiger partial charge in [-0.25, -0.2) is 0 Å². The van der Waals surface area contributed by atoms with Gasteiger partial charge in [0.25, 0.3) is 5.91 Å². The summed E-state index contributed by atoms with van der Waals surface area (Å²) in [6, 6.07) is 4.03. The summed E-state index contributed by atoms with van der Waals surface area (Å²) < 4.78 is 4.85. The average Bonchev–Trinajstić information content (AvgIpc) is 2.34. The van der Waals surface area contributed by atoms with E-state index in [0.29, 0.717) is 13.0 Å². The van der Waals surface area contributed by atoms with Gasteiger partial charge in [0, 0.05) is 26.7 Å². The van der Waals surface area contributed by atoms with Gasteiger partial charge in [0.15, 0.2) is 0 Å². The first-order valence-electron chi connectivity index (χ1n) is 5.88. The molecule has 1 rings (SSSR count). The molecular formula is C13H19NO5. The van der Waals surface area contributed by atoms with Crippen LogP contribution in [0.15, 0.2) is 18.2 Å². The molecule has 1 aromatic carbocycles. The van der Waals surface area contributed by atoms with Gasteiger partial charge in [-0.1, -0.05) is 6.07 Å². The van der Waals surface area contributed by atoms with Crippen LogP contribution < -0.4 is 5.32 Å². The van der Waals surface area contributed by atoms with Crippen molar-refractivity contribution >= 4 is 5.91 Å². The van der Waals surface area contributed by atoms with Crippen LogP contribution >= 0.6 is 0 Å². The highest BCUT2D eigenvalue weighted by molar-refractivity contribution is 5.99. The van der Waals surface area contributed by atoms with Gasteiger partial charge in [-0.3, -0.25) is 4.79 Å². The fourth-order valence-electron chi connectivity index (χ4n) is 1.53. The lowest BCUT2D eigenvalue weighted by Gasteiger charge is -2.23. The minimum absolute atomic E-state index is 0.0109. The second-order valence-electron chi connectivity index (χ2n) is 4.59. The lowest BCUT2D eigenvalue weighted by molar-refractivity contribution is 0.0243. The Balaban J connectivity index is 2.66. The number of aromatic hydroxyl groups is 2. The van der Waals surface area contributed by atoms with Crippen LogP contribution in [-0.4, -0.2) is 47.1 Å². The van der Waals surface area contributed by atoms with Crippen molar-refractivity contribution in [3.8, 4) is 11.5 Å². The second kappa shape index (κ2) is 6.40. The summed E-state index contributed by atoms with van der Waals surface area (Å²) in [5, 5.41) is 31.5. The monoisotopic (exact) mass is 269 g/mol. The third-order valence-electron chi connectivity index (χ3n) is 2.72. The molecule has 0 saturated heterocycles. The summed E-state index contributed by atoms with van der Waals surface area (Å²) in [5.41, 5.74) is -1.32. The molecule has 0 spiro atoms. The molecule has 6 nitrogen and oxygen atoms in total. The van der Waals surface area contributed by atoms with Gasteiger partial charge in [0.2, 0.25) is 0 Å². The van der Waals surface area contributed by atoms with Crippen molar-refractivity contribution in [3.05, 3.63) is 23.8 Å². The Labute approximate surface area is 111 Å². The Morgan fingerprint density at radius 2 is 1.95 bits per heavy atom. The molecule has 0 aromatic heterocycles. The third kappa shape index (κ3) is 4.42. The summed E-state index contributed by atoms with van der Waals surface area (Å²) >= 11 is 0. The second-order valence-corrected chi connectivity index (χ2v) is 4.59. The molecular weight excluding hydrogens is 250 g/mol. The largest absolute Gasteiger partial charge is 0.507 e. The van der Waals surface area contributed by atoms with E-state index in [0.717, 1.165) is 0 Å². The van der Waals surface area contributed by atoms with Crippen LogP contribution in [-0.2, 0) is 4.74 Å². The van der Waals surface area contributed by atoms with E-state index in [1.165, 1.54) is 25.3 Å². The molecule has 1 atom stereocenters. The van der Waals surface area contributed by atoms with Crippen molar-refractivity contribution < 1.29 is 24.9 Å². The first-order chi connectivity index (χ1) is 8.87. The lowest BCUT2D eigenvalue weighted by atomic mass is 10.0. The molecule has 0 heterocycles. The molecule has 1 unspecified atom stereocenters. The standard InChI is InChI=1S/C13H19NO5/c1-13(18,6-7-19-2)8-14-12(17)11-9(15)4-3-5-10(11)16/h3-5,15-16,18H,6-8H2,1-2H3,(H,14,17). The first kappa shape index (κ1) is 15.3. The topological polar surface area (TPSA) is 99.0 Å². The summed E-state index contributed by atoms with van der Waals surface area (Å²) in [4.78, 5) is 11.8. The number of rotatable bonds is 6. The van der Waals surface area contributed by atoms with Crippen molar-refractivity contribution in [1.29, 1.82) is 0 Å². The van der Waals surface area contributed by atoms with Crippen molar-refractivity contribution in [2.45, 2.75) is 18.9 Å². The summed E-state index contributed by atoms with van der Waals surface area (Å²) in [7, 11) is 1.52. The molecule has 0 saturated carbocycles. The average molecular weight is 269 g/mol. The zero-order valence-corrected chi connectivity index (χ0v) is 11.0. The van der Waals surface area contributed by atoms with E-state index >= 15 is 0 Å². The van der Waals surface area contributed by atoms with Crippen LogP contribution in [0.5, 0.6) is 11.5 Å². The first-order valence-corrected chi connectivity index (χ1v) is 5.88. The molecule has 19 heavy (non-hydrogen) atoms. The highest BCUT2D eigenvalue weighted by atomic mass is 16.5. The summed E-state index contributed by atoms with van der Waals surface area (Å²) in [5.74, 6) is -1.27. The number of ether oxygens (including phenoxy) is 1. The lowest BCUT2D eigenvalue weighted by Crippen LogP contribution is -2.41. The molecule has 4 N–H and O–H groups in total. The normalized spacial score (nSPS) is 13.8. The molecule has 0 bridgehead atoms. The fraction of sp³-hybridized carbons (Fsp3) is 0.462. The van der Waals surface area contributed by atoms with Gasteiger partial charge >= 0.3 is 0 Å². The SMILES string of the molecule is COCCC(C)(O)CNC(=O)c1c(O)cccc1O. The summed E-state index contributed by atoms with van der Waals surface area (Å²) in [6.07, 6.45) is 0.358. The van der Waals surface area contributed by atoms with Gasteiger partial charge < -0.3 is 25.4 Å². The number of phenols is 2. The Bertz CT molecular complexity index is 424. The molecule has 6 heteroatoms. The minimum Gasteiger partial charge on any atom is -0.507 e. The van der Waals surface area contributed by atoms with Gasteiger partial charge in [-0.2, -0.15) is 0 Å². The van der Waals surface area contributed by atoms with E-state index < -0.39 is 11.5 Å². The van der Waals surface area contributed by atoms with Crippen LogP contribution in [0, 0.1) is 0 Å². The molecule has 106 valence electrons. The number of methoxy groups -OCH3 is 1. The Kier molecular flexibility index (Phi) is 5.14. The molecule has 0 fully saturated rings. The predicted octanol–water partition coefficient (Wildman–Crippen LogP) is 0.615. The van der Waals surface area contributed by atoms with E-state index in [-0.39, 0.29) is 23.6 Å². The maximum absolute atomic E-state index is 11.8. The highest BCUT2D eigenvalue weighted by Crippen LogP contribution is 2.25. The Morgan fingerprint density at radius 3 is 2.47 bits per heavy atom. The number of hydrogen-bond donors (Lipinski definition) is 4. The van der Waals surface area contributed by atoms with Gasteiger partial charge in [-0.15, -0.1) is 0 Å². The van der Waals surface area contributed by atoms with Crippen molar-refractivity contribution in [2.24, 2.45) is 0 Å². The molecule has 0 radical (unpaired) electrons. The van der Waals surface area contributed by atoms with Crippen LogP contribution in [0.1, 0.15) is 23.7 Å². The highest BCUT2D eigenvalue weighted by Gasteiger charge is 2.23. The molecule has 1 amide bonds. The van der Waals surface area contributed by atoms with Crippen LogP contribution in [0.2, 0.25) is 0 Å². The number of carbonyl (C=O) groups is 1. The van der Waals surface area contributed by atoms with E-state index in [9.17, 15) is 20.1 Å². The molecule has 1 aromatic rings. The minimum atomic E-state index is -1.12. The number of aliphatic hydroxyl groups is 1. The van der Waals surface area contributed by atoms with Crippen LogP contribution in [0.25, 0.3) is 0 Å². The number of benzene rings is 1. The van der Waals surface area contributed by atoms with Gasteiger partial charge in [0.1, 0.15) is 17.1 Å². The zero-order chi connectivity index (χ0) is 14.5. The Hall–Kier alpha value is -1.79. The van der Waals surface area contributed by atoms with Crippen LogP contribution in [0.3, 0.4) is 0 Å². The zero-order valence-electron chi connectivity index (χ0n) is 11.0. The fourth-order valence-corrected chi connectivity index (χ4v) is 1.53. The van der Waals surface area contributed by atoms with Crippen LogP contribution in [0.4, 0.5) is 0 Å². The van der Waals surface area contributed by atoms with E-state index in [4.69, 9.17) is 4.74 Å². The number of carbonyl (C=O) groups excluding carboxylic acids is 1. The smallest absolute Gasteiger partial charge is 0.258 e. The van der Waals surface area contributed by atoms with E-state index in [1.54, 1.807) is 6.92 Å². The van der Waals surface area contributed by atoms with Crippen molar-refractivity contribution in [1.82, 2.24) is 5.32 Å². The predicted molar refractivity (Wildman–Crippen MR) is 69.2 cm³/mol. The molecule has 0 aliphatic carbocycles. The van der Waals surface area contributed by atoms with Crippen molar-refractivity contribution in [2.75, 3.05) is 20.3 Å². The van der Waals surface area contributed by atoms with Crippen molar-refractivity contribution in [3.63, 3.8) is 0 Å². The maximum atomic E-state index is 11.8. The van der Waals surface area contributed by atoms with E-state index in [2.05, 4.69) is 5.32 Å². The number of amides is 1. The number of nitrogens with one attached hydrogen (secondary N) is 1. The quantitative estimate of drug-likeness (QED) is 0.606. The van der Waals surface area contributed by atoms with Gasteiger partial charge in [0.05, 0.1) is 5.60 Å². The third-order valence-corrected chi connectivity index (χ3v) is 2.72. The number of phenolic OH excluding ortho intramolecular Hbond substituents is 2. The molecule has 0 aliphatic heterocycles.